The third-order valence-corrected chi connectivity index (χ3v) is 7.21. The predicted molar refractivity (Wildman–Crippen MR) is 121 cm³/mol. The van der Waals surface area contributed by atoms with Gasteiger partial charge in [-0.3, -0.25) is 19.8 Å². The van der Waals surface area contributed by atoms with Crippen LogP contribution in [-0.4, -0.2) is 48.5 Å². The van der Waals surface area contributed by atoms with Crippen LogP contribution in [0.25, 0.3) is 0 Å². The quantitative estimate of drug-likeness (QED) is 0.566. The van der Waals surface area contributed by atoms with Gasteiger partial charge in [-0.15, -0.1) is 11.3 Å². The standard InChI is InChI=1S/C22H25N5O3S/c1-15-2-7-18-19(13-23)22(31-20(18)12-15)24-21(28)14-25-8-10-26(11-9-25)16-3-5-17(6-4-16)27(29)30/h3-6,15H,2,7-12,14H2,1H3,(H,24,28)/t15-/m0/s1. The van der Waals surface area contributed by atoms with Crippen LogP contribution in [0.2, 0.25) is 0 Å². The van der Waals surface area contributed by atoms with Crippen molar-refractivity contribution in [2.75, 3.05) is 42.9 Å². The third-order valence-electron chi connectivity index (χ3n) is 6.04. The van der Waals surface area contributed by atoms with Crippen LogP contribution in [0.3, 0.4) is 0 Å². The first-order valence-corrected chi connectivity index (χ1v) is 11.3. The van der Waals surface area contributed by atoms with Crippen molar-refractivity contribution in [1.29, 1.82) is 5.26 Å². The summed E-state index contributed by atoms with van der Waals surface area (Å²) in [5.74, 6) is 0.528. The predicted octanol–water partition coefficient (Wildman–Crippen LogP) is 3.41. The lowest BCUT2D eigenvalue weighted by atomic mass is 9.89. The molecule has 8 nitrogen and oxygen atoms in total. The van der Waals surface area contributed by atoms with Crippen LogP contribution in [0, 0.1) is 27.4 Å². The molecular formula is C22H25N5O3S. The number of thiophene rings is 1. The van der Waals surface area contributed by atoms with Crippen molar-refractivity contribution in [2.24, 2.45) is 5.92 Å². The minimum Gasteiger partial charge on any atom is -0.369 e. The molecule has 4 rings (SSSR count). The molecule has 1 atom stereocenters. The van der Waals surface area contributed by atoms with E-state index in [1.54, 1.807) is 23.5 Å². The van der Waals surface area contributed by atoms with Crippen LogP contribution in [-0.2, 0) is 17.6 Å². The zero-order chi connectivity index (χ0) is 22.0. The summed E-state index contributed by atoms with van der Waals surface area (Å²) in [6.07, 6.45) is 2.98. The van der Waals surface area contributed by atoms with E-state index in [0.717, 1.165) is 56.7 Å². The van der Waals surface area contributed by atoms with Gasteiger partial charge in [0.15, 0.2) is 0 Å². The molecule has 2 aliphatic rings. The van der Waals surface area contributed by atoms with Crippen molar-refractivity contribution in [2.45, 2.75) is 26.2 Å². The Hall–Kier alpha value is -2.96. The van der Waals surface area contributed by atoms with Crippen LogP contribution >= 0.6 is 11.3 Å². The van der Waals surface area contributed by atoms with E-state index in [0.29, 0.717) is 16.5 Å². The molecule has 1 fully saturated rings. The number of carbonyl (C=O) groups excluding carboxylic acids is 1. The van der Waals surface area contributed by atoms with Crippen LogP contribution in [0.1, 0.15) is 29.3 Å². The van der Waals surface area contributed by atoms with E-state index in [4.69, 9.17) is 0 Å². The molecule has 1 amide bonds. The lowest BCUT2D eigenvalue weighted by Crippen LogP contribution is -2.48. The molecular weight excluding hydrogens is 414 g/mol. The highest BCUT2D eigenvalue weighted by Crippen LogP contribution is 2.39. The molecule has 2 aromatic rings. The number of fused-ring (bicyclic) bond motifs is 1. The largest absolute Gasteiger partial charge is 0.369 e. The second-order valence-electron chi connectivity index (χ2n) is 8.25. The van der Waals surface area contributed by atoms with Gasteiger partial charge in [-0.25, -0.2) is 0 Å². The molecule has 0 radical (unpaired) electrons. The molecule has 2 heterocycles. The number of non-ortho nitro benzene ring substituents is 1. The van der Waals surface area contributed by atoms with Crippen molar-refractivity contribution in [3.63, 3.8) is 0 Å². The van der Waals surface area contributed by atoms with Gasteiger partial charge in [0, 0.05) is 48.9 Å². The van der Waals surface area contributed by atoms with Gasteiger partial charge in [-0.05, 0) is 42.9 Å². The number of nitriles is 1. The molecule has 1 aliphatic carbocycles. The Morgan fingerprint density at radius 3 is 2.65 bits per heavy atom. The molecule has 9 heteroatoms. The number of nitro benzene ring substituents is 1. The van der Waals surface area contributed by atoms with E-state index in [2.05, 4.69) is 28.1 Å². The van der Waals surface area contributed by atoms with Crippen LogP contribution in [0.15, 0.2) is 24.3 Å². The SMILES string of the molecule is C[C@H]1CCc2c(sc(NC(=O)CN3CCN(c4ccc([N+](=O)[O-])cc4)CC3)c2C#N)C1. The number of amides is 1. The minimum absolute atomic E-state index is 0.0838. The molecule has 162 valence electrons. The summed E-state index contributed by atoms with van der Waals surface area (Å²) in [7, 11) is 0. The lowest BCUT2D eigenvalue weighted by molar-refractivity contribution is -0.384. The van der Waals surface area contributed by atoms with E-state index in [1.807, 2.05) is 0 Å². The number of nitro groups is 1. The summed E-state index contributed by atoms with van der Waals surface area (Å²) >= 11 is 1.55. The number of hydrogen-bond donors (Lipinski definition) is 1. The summed E-state index contributed by atoms with van der Waals surface area (Å²) in [5.41, 5.74) is 2.80. The fourth-order valence-corrected chi connectivity index (χ4v) is 5.65. The molecule has 31 heavy (non-hydrogen) atoms. The highest BCUT2D eigenvalue weighted by Gasteiger charge is 2.25. The topological polar surface area (TPSA) is 103 Å². The number of benzene rings is 1. The maximum absolute atomic E-state index is 12.6. The second kappa shape index (κ2) is 9.04. The molecule has 1 N–H and O–H groups in total. The first-order valence-electron chi connectivity index (χ1n) is 10.5. The Labute approximate surface area is 185 Å². The van der Waals surface area contributed by atoms with Gasteiger partial charge in [0.1, 0.15) is 11.1 Å². The summed E-state index contributed by atoms with van der Waals surface area (Å²) in [5, 5.41) is 24.1. The number of hydrogen-bond acceptors (Lipinski definition) is 7. The maximum atomic E-state index is 12.6. The minimum atomic E-state index is -0.400. The number of nitrogens with zero attached hydrogens (tertiary/aromatic N) is 4. The number of anilines is 2. The van der Waals surface area contributed by atoms with E-state index in [1.165, 1.54) is 17.0 Å². The normalized spacial score (nSPS) is 18.8. The molecule has 1 saturated heterocycles. The number of rotatable bonds is 5. The highest BCUT2D eigenvalue weighted by molar-refractivity contribution is 7.16. The number of nitrogens with one attached hydrogen (secondary N) is 1. The average Bonchev–Trinajstić information content (AvgIpc) is 3.10. The zero-order valence-corrected chi connectivity index (χ0v) is 18.3. The monoisotopic (exact) mass is 439 g/mol. The zero-order valence-electron chi connectivity index (χ0n) is 17.5. The van der Waals surface area contributed by atoms with Crippen molar-refractivity contribution in [3.05, 3.63) is 50.4 Å². The third kappa shape index (κ3) is 4.70. The Kier molecular flexibility index (Phi) is 6.20. The Morgan fingerprint density at radius 1 is 1.29 bits per heavy atom. The summed E-state index contributed by atoms with van der Waals surface area (Å²) in [6, 6.07) is 8.86. The van der Waals surface area contributed by atoms with Gasteiger partial charge >= 0.3 is 0 Å². The lowest BCUT2D eigenvalue weighted by Gasteiger charge is -2.35. The second-order valence-corrected chi connectivity index (χ2v) is 9.36. The summed E-state index contributed by atoms with van der Waals surface area (Å²) < 4.78 is 0. The van der Waals surface area contributed by atoms with Crippen molar-refractivity contribution >= 4 is 33.6 Å². The summed E-state index contributed by atoms with van der Waals surface area (Å²) in [4.78, 5) is 28.6. The smallest absolute Gasteiger partial charge is 0.269 e. The summed E-state index contributed by atoms with van der Waals surface area (Å²) in [6.45, 7) is 5.47. The number of piperazine rings is 1. The van der Waals surface area contributed by atoms with E-state index >= 15 is 0 Å². The van der Waals surface area contributed by atoms with Crippen molar-refractivity contribution in [3.8, 4) is 6.07 Å². The molecule has 0 bridgehead atoms. The Morgan fingerprint density at radius 2 is 2.00 bits per heavy atom. The van der Waals surface area contributed by atoms with Gasteiger partial charge in [0.2, 0.25) is 5.91 Å². The van der Waals surface area contributed by atoms with Crippen molar-refractivity contribution < 1.29 is 9.72 Å². The highest BCUT2D eigenvalue weighted by atomic mass is 32.1. The first kappa shape index (κ1) is 21.3. The van der Waals surface area contributed by atoms with Gasteiger partial charge in [0.25, 0.3) is 5.69 Å². The molecule has 1 aromatic heterocycles. The Balaban J connectivity index is 1.32. The fourth-order valence-electron chi connectivity index (χ4n) is 4.28. The first-order chi connectivity index (χ1) is 14.9. The molecule has 0 saturated carbocycles. The van der Waals surface area contributed by atoms with E-state index in [9.17, 15) is 20.2 Å². The molecule has 1 aliphatic heterocycles. The fraction of sp³-hybridized carbons (Fsp3) is 0.455. The van der Waals surface area contributed by atoms with E-state index < -0.39 is 4.92 Å². The average molecular weight is 440 g/mol. The molecule has 0 spiro atoms. The van der Waals surface area contributed by atoms with Gasteiger partial charge in [-0.2, -0.15) is 5.26 Å². The van der Waals surface area contributed by atoms with Crippen LogP contribution in [0.5, 0.6) is 0 Å². The van der Waals surface area contributed by atoms with Crippen LogP contribution in [0.4, 0.5) is 16.4 Å². The maximum Gasteiger partial charge on any atom is 0.269 e. The van der Waals surface area contributed by atoms with Gasteiger partial charge in [0.05, 0.1) is 17.0 Å². The van der Waals surface area contributed by atoms with E-state index in [-0.39, 0.29) is 18.1 Å². The van der Waals surface area contributed by atoms with Crippen molar-refractivity contribution in [1.82, 2.24) is 4.90 Å². The molecule has 0 unspecified atom stereocenters. The van der Waals surface area contributed by atoms with Crippen LogP contribution < -0.4 is 10.2 Å². The van der Waals surface area contributed by atoms with Gasteiger partial charge < -0.3 is 10.2 Å². The van der Waals surface area contributed by atoms with Gasteiger partial charge in [-0.1, -0.05) is 6.92 Å². The number of carbonyl (C=O) groups is 1. The Bertz CT molecular complexity index is 1020. The molecule has 1 aromatic carbocycles.